The maximum atomic E-state index is 13.0. The van der Waals surface area contributed by atoms with E-state index < -0.39 is 0 Å². The quantitative estimate of drug-likeness (QED) is 0.464. The Morgan fingerprint density at radius 1 is 1.11 bits per heavy atom. The van der Waals surface area contributed by atoms with Crippen LogP contribution in [0.4, 0.5) is 5.82 Å². The van der Waals surface area contributed by atoms with E-state index in [9.17, 15) is 4.79 Å². The highest BCUT2D eigenvalue weighted by Crippen LogP contribution is 2.34. The van der Waals surface area contributed by atoms with Crippen LogP contribution in [0, 0.1) is 6.92 Å². The van der Waals surface area contributed by atoms with Crippen LogP contribution in [0.5, 0.6) is 0 Å². The molecule has 0 aliphatic carbocycles. The lowest BCUT2D eigenvalue weighted by Crippen LogP contribution is -2.25. The molecule has 2 N–H and O–H groups in total. The number of hydrogen-bond donors (Lipinski definition) is 1. The van der Waals surface area contributed by atoms with Gasteiger partial charge in [-0.05, 0) is 31.2 Å². The van der Waals surface area contributed by atoms with Gasteiger partial charge in [0.2, 0.25) is 0 Å². The molecule has 140 valence electrons. The standard InChI is InChI=1S/C18H11BrCl2N6O/c1-8-23-13-6-5-9(19)7-11(13)17(28)27(8)18-24-16(22)15(25-26-18)10-3-2-4-12(20)14(10)21/h2-7H,1H3,(H2,22,24,26). The van der Waals surface area contributed by atoms with Crippen LogP contribution >= 0.6 is 39.1 Å². The van der Waals surface area contributed by atoms with Crippen LogP contribution in [0.3, 0.4) is 0 Å². The molecule has 0 unspecified atom stereocenters. The molecule has 0 amide bonds. The molecular formula is C18H11BrCl2N6O. The second-order valence-corrected chi connectivity index (χ2v) is 7.61. The van der Waals surface area contributed by atoms with E-state index in [2.05, 4.69) is 36.1 Å². The second kappa shape index (κ2) is 7.12. The zero-order valence-corrected chi connectivity index (χ0v) is 17.4. The SMILES string of the molecule is Cc1nc2ccc(Br)cc2c(=O)n1-c1nnc(-c2cccc(Cl)c2Cl)c(N)n1. The molecule has 4 aromatic rings. The van der Waals surface area contributed by atoms with Crippen molar-refractivity contribution in [1.29, 1.82) is 0 Å². The van der Waals surface area contributed by atoms with Gasteiger partial charge < -0.3 is 5.73 Å². The largest absolute Gasteiger partial charge is 0.382 e. The predicted octanol–water partition coefficient (Wildman–Crippen LogP) is 4.20. The molecule has 2 heterocycles. The third kappa shape index (κ3) is 3.13. The molecule has 0 spiro atoms. The third-order valence-corrected chi connectivity index (χ3v) is 5.42. The van der Waals surface area contributed by atoms with Gasteiger partial charge in [-0.15, -0.1) is 10.2 Å². The maximum absolute atomic E-state index is 13.0. The number of nitrogen functional groups attached to an aromatic ring is 1. The number of benzene rings is 2. The number of aromatic nitrogens is 5. The van der Waals surface area contributed by atoms with Crippen LogP contribution in [0.25, 0.3) is 28.1 Å². The Kier molecular flexibility index (Phi) is 4.78. The summed E-state index contributed by atoms with van der Waals surface area (Å²) in [5.41, 5.74) is 7.12. The Bertz CT molecular complexity index is 1310. The van der Waals surface area contributed by atoms with Gasteiger partial charge in [0.1, 0.15) is 11.5 Å². The van der Waals surface area contributed by atoms with Gasteiger partial charge in [0.25, 0.3) is 11.5 Å². The first kappa shape index (κ1) is 18.8. The van der Waals surface area contributed by atoms with Crippen LogP contribution in [0.1, 0.15) is 5.82 Å². The summed E-state index contributed by atoms with van der Waals surface area (Å²) in [4.78, 5) is 21.7. The fourth-order valence-corrected chi connectivity index (χ4v) is 3.56. The van der Waals surface area contributed by atoms with Crippen molar-refractivity contribution in [3.8, 4) is 17.2 Å². The van der Waals surface area contributed by atoms with Crippen molar-refractivity contribution in [3.05, 3.63) is 67.1 Å². The zero-order chi connectivity index (χ0) is 20.0. The third-order valence-electron chi connectivity index (χ3n) is 4.11. The van der Waals surface area contributed by atoms with E-state index in [1.54, 1.807) is 37.3 Å². The van der Waals surface area contributed by atoms with Crippen LogP contribution in [-0.4, -0.2) is 24.7 Å². The highest BCUT2D eigenvalue weighted by molar-refractivity contribution is 9.10. The van der Waals surface area contributed by atoms with Gasteiger partial charge in [-0.25, -0.2) is 9.55 Å². The minimum atomic E-state index is -0.321. The lowest BCUT2D eigenvalue weighted by molar-refractivity contribution is 0.795. The minimum absolute atomic E-state index is 0.0243. The van der Waals surface area contributed by atoms with E-state index in [1.165, 1.54) is 4.57 Å². The lowest BCUT2D eigenvalue weighted by Gasteiger charge is -2.11. The van der Waals surface area contributed by atoms with Gasteiger partial charge in [-0.1, -0.05) is 51.3 Å². The van der Waals surface area contributed by atoms with Crippen molar-refractivity contribution in [2.75, 3.05) is 5.73 Å². The highest BCUT2D eigenvalue weighted by atomic mass is 79.9. The molecule has 0 atom stereocenters. The average Bonchev–Trinajstić information content (AvgIpc) is 2.65. The average molecular weight is 478 g/mol. The number of aryl methyl sites for hydroxylation is 1. The van der Waals surface area contributed by atoms with Gasteiger partial charge in [-0.3, -0.25) is 4.79 Å². The molecule has 2 aromatic heterocycles. The Labute approximate surface area is 177 Å². The highest BCUT2D eigenvalue weighted by Gasteiger charge is 2.17. The van der Waals surface area contributed by atoms with Crippen LogP contribution < -0.4 is 11.3 Å². The first-order valence-electron chi connectivity index (χ1n) is 8.00. The van der Waals surface area contributed by atoms with E-state index in [4.69, 9.17) is 28.9 Å². The Morgan fingerprint density at radius 2 is 1.89 bits per heavy atom. The van der Waals surface area contributed by atoms with Crippen LogP contribution in [0.15, 0.2) is 45.7 Å². The van der Waals surface area contributed by atoms with E-state index in [0.29, 0.717) is 32.3 Å². The first-order valence-corrected chi connectivity index (χ1v) is 9.55. The Balaban J connectivity index is 1.91. The summed E-state index contributed by atoms with van der Waals surface area (Å²) in [5, 5.41) is 9.28. The molecular weight excluding hydrogens is 467 g/mol. The van der Waals surface area contributed by atoms with E-state index >= 15 is 0 Å². The van der Waals surface area contributed by atoms with Crippen molar-refractivity contribution in [2.45, 2.75) is 6.92 Å². The normalized spacial score (nSPS) is 11.1. The number of anilines is 1. The fourth-order valence-electron chi connectivity index (χ4n) is 2.81. The summed E-state index contributed by atoms with van der Waals surface area (Å²) in [6.07, 6.45) is 0. The summed E-state index contributed by atoms with van der Waals surface area (Å²) in [7, 11) is 0. The summed E-state index contributed by atoms with van der Waals surface area (Å²) in [6.45, 7) is 1.68. The number of nitrogens with zero attached hydrogens (tertiary/aromatic N) is 5. The summed E-state index contributed by atoms with van der Waals surface area (Å²) >= 11 is 15.7. The number of fused-ring (bicyclic) bond motifs is 1. The molecule has 28 heavy (non-hydrogen) atoms. The maximum Gasteiger partial charge on any atom is 0.268 e. The Morgan fingerprint density at radius 3 is 2.64 bits per heavy atom. The fraction of sp³-hybridized carbons (Fsp3) is 0.0556. The molecule has 2 aromatic carbocycles. The lowest BCUT2D eigenvalue weighted by atomic mass is 10.1. The van der Waals surface area contributed by atoms with Gasteiger partial charge in [0.15, 0.2) is 5.82 Å². The summed E-state index contributed by atoms with van der Waals surface area (Å²) < 4.78 is 2.03. The number of hydrogen-bond acceptors (Lipinski definition) is 6. The van der Waals surface area contributed by atoms with Crippen molar-refractivity contribution in [3.63, 3.8) is 0 Å². The van der Waals surface area contributed by atoms with Gasteiger partial charge >= 0.3 is 0 Å². The molecule has 0 saturated heterocycles. The van der Waals surface area contributed by atoms with Crippen molar-refractivity contribution in [1.82, 2.24) is 24.7 Å². The van der Waals surface area contributed by atoms with Gasteiger partial charge in [-0.2, -0.15) is 4.98 Å². The molecule has 7 nitrogen and oxygen atoms in total. The number of nitrogens with two attached hydrogens (primary N) is 1. The minimum Gasteiger partial charge on any atom is -0.382 e. The monoisotopic (exact) mass is 476 g/mol. The molecule has 4 rings (SSSR count). The van der Waals surface area contributed by atoms with E-state index in [1.807, 2.05) is 6.07 Å². The topological polar surface area (TPSA) is 99.6 Å². The van der Waals surface area contributed by atoms with E-state index in [-0.39, 0.29) is 23.0 Å². The number of halogens is 3. The molecule has 0 fully saturated rings. The molecule has 0 bridgehead atoms. The smallest absolute Gasteiger partial charge is 0.268 e. The molecule has 0 aliphatic heterocycles. The zero-order valence-electron chi connectivity index (χ0n) is 14.3. The first-order chi connectivity index (χ1) is 13.4. The summed E-state index contributed by atoms with van der Waals surface area (Å²) in [5.74, 6) is 0.501. The van der Waals surface area contributed by atoms with Crippen LogP contribution in [0.2, 0.25) is 10.0 Å². The second-order valence-electron chi connectivity index (χ2n) is 5.91. The Hall–Kier alpha value is -2.55. The van der Waals surface area contributed by atoms with Crippen molar-refractivity contribution >= 4 is 55.9 Å². The molecule has 0 radical (unpaired) electrons. The van der Waals surface area contributed by atoms with Crippen LogP contribution in [-0.2, 0) is 0 Å². The predicted molar refractivity (Wildman–Crippen MR) is 113 cm³/mol. The summed E-state index contributed by atoms with van der Waals surface area (Å²) in [6, 6.07) is 10.4. The molecule has 0 saturated carbocycles. The van der Waals surface area contributed by atoms with Gasteiger partial charge in [0, 0.05) is 10.0 Å². The van der Waals surface area contributed by atoms with Crippen molar-refractivity contribution < 1.29 is 0 Å². The van der Waals surface area contributed by atoms with Crippen molar-refractivity contribution in [2.24, 2.45) is 0 Å². The van der Waals surface area contributed by atoms with E-state index in [0.717, 1.165) is 4.47 Å². The van der Waals surface area contributed by atoms with Gasteiger partial charge in [0.05, 0.1) is 20.9 Å². The molecule has 10 heteroatoms. The molecule has 0 aliphatic rings. The number of rotatable bonds is 2.